The second-order valence-electron chi connectivity index (χ2n) is 18.2. The average molecular weight is 840 g/mol. The van der Waals surface area contributed by atoms with Crippen LogP contribution in [0.1, 0.15) is 98.5 Å². The van der Waals surface area contributed by atoms with E-state index >= 15 is 0 Å². The Morgan fingerprint density at radius 3 is 2.10 bits per heavy atom. The van der Waals surface area contributed by atoms with E-state index in [0.29, 0.717) is 42.6 Å². The van der Waals surface area contributed by atoms with Crippen LogP contribution < -0.4 is 5.32 Å². The minimum absolute atomic E-state index is 0.0861. The van der Waals surface area contributed by atoms with Crippen molar-refractivity contribution in [3.63, 3.8) is 0 Å². The third-order valence-corrected chi connectivity index (χ3v) is 14.4. The quantitative estimate of drug-likeness (QED) is 0.137. The van der Waals surface area contributed by atoms with E-state index in [4.69, 9.17) is 23.7 Å². The molecule has 3 aromatic rings. The molecule has 1 amide bonds. The number of carbonyl (C=O) groups excluding carboxylic acids is 3. The van der Waals surface area contributed by atoms with E-state index < -0.39 is 94.8 Å². The van der Waals surface area contributed by atoms with Gasteiger partial charge in [-0.25, -0.2) is 9.59 Å². The maximum atomic E-state index is 14.6. The predicted molar refractivity (Wildman–Crippen MR) is 221 cm³/mol. The number of esters is 2. The van der Waals surface area contributed by atoms with Gasteiger partial charge in [0.05, 0.1) is 30.4 Å². The standard InChI is InChI=1S/C48H57NO12/c1-28-32(59-44(55)38(51)36(29-16-8-5-9-17-29)49-42(53)30-18-10-6-11-19-30)26-48(61-43(54)31-20-12-7-13-21-31)41(60-34-22-14-15-25-57-34)39-46(4,24-23-33-47(39,56)27-58-33)40(52)37(50)35(28)45(48,2)3/h5-13,16-21,32-34,36-41,50-52,56H,14-15,22-27H2,1-4H3,(H,49,53)/t32-,33+,34?,36-,37+,38+,39-,40-,41-,46+,47-,48+/m0/s1. The number of amides is 1. The minimum Gasteiger partial charge on any atom is -0.456 e. The second-order valence-corrected chi connectivity index (χ2v) is 18.2. The highest BCUT2D eigenvalue weighted by Crippen LogP contribution is 2.65. The van der Waals surface area contributed by atoms with Crippen molar-refractivity contribution >= 4 is 17.8 Å². The topological polar surface area (TPSA) is 190 Å². The Labute approximate surface area is 356 Å². The summed E-state index contributed by atoms with van der Waals surface area (Å²) in [7, 11) is 0. The molecule has 2 heterocycles. The summed E-state index contributed by atoms with van der Waals surface area (Å²) < 4.78 is 32.5. The summed E-state index contributed by atoms with van der Waals surface area (Å²) in [6.07, 6.45) is -6.25. The highest BCUT2D eigenvalue weighted by molar-refractivity contribution is 5.95. The molecule has 5 N–H and O–H groups in total. The van der Waals surface area contributed by atoms with E-state index in [2.05, 4.69) is 5.32 Å². The zero-order valence-corrected chi connectivity index (χ0v) is 35.1. The molecular formula is C48H57NO12. The van der Waals surface area contributed by atoms with Gasteiger partial charge in [0.25, 0.3) is 5.91 Å². The van der Waals surface area contributed by atoms with Gasteiger partial charge in [-0.3, -0.25) is 4.79 Å². The number of benzene rings is 3. The number of hydrogen-bond donors (Lipinski definition) is 5. The van der Waals surface area contributed by atoms with Gasteiger partial charge < -0.3 is 49.4 Å². The first-order chi connectivity index (χ1) is 29.1. The van der Waals surface area contributed by atoms with E-state index in [9.17, 15) is 34.8 Å². The molecule has 1 unspecified atom stereocenters. The predicted octanol–water partition coefficient (Wildman–Crippen LogP) is 4.97. The van der Waals surface area contributed by atoms with Crippen LogP contribution in [0.5, 0.6) is 0 Å². The van der Waals surface area contributed by atoms with Crippen LogP contribution >= 0.6 is 0 Å². The zero-order chi connectivity index (χ0) is 43.3. The van der Waals surface area contributed by atoms with Crippen molar-refractivity contribution in [2.24, 2.45) is 16.7 Å². The molecule has 2 saturated heterocycles. The summed E-state index contributed by atoms with van der Waals surface area (Å²) >= 11 is 0. The summed E-state index contributed by atoms with van der Waals surface area (Å²) in [4.78, 5) is 42.6. The molecule has 61 heavy (non-hydrogen) atoms. The molecule has 326 valence electrons. The van der Waals surface area contributed by atoms with Crippen LogP contribution in [0.3, 0.4) is 0 Å². The van der Waals surface area contributed by atoms with Gasteiger partial charge in [0.2, 0.25) is 0 Å². The lowest BCUT2D eigenvalue weighted by molar-refractivity contribution is -0.366. The van der Waals surface area contributed by atoms with E-state index in [1.807, 2.05) is 6.92 Å². The van der Waals surface area contributed by atoms with Crippen molar-refractivity contribution in [3.8, 4) is 0 Å². The van der Waals surface area contributed by atoms with Gasteiger partial charge in [-0.1, -0.05) is 87.5 Å². The van der Waals surface area contributed by atoms with Gasteiger partial charge in [-0.15, -0.1) is 0 Å². The zero-order valence-electron chi connectivity index (χ0n) is 35.1. The van der Waals surface area contributed by atoms with Crippen LogP contribution in [-0.2, 0) is 28.5 Å². The molecule has 12 atom stereocenters. The van der Waals surface area contributed by atoms with E-state index in [1.54, 1.807) is 112 Å². The molecule has 2 saturated carbocycles. The number of fused-ring (bicyclic) bond motifs is 5. The number of hydrogen-bond acceptors (Lipinski definition) is 12. The van der Waals surface area contributed by atoms with Crippen molar-refractivity contribution < 1.29 is 58.5 Å². The van der Waals surface area contributed by atoms with Crippen LogP contribution in [0.15, 0.2) is 102 Å². The summed E-state index contributed by atoms with van der Waals surface area (Å²) in [5.41, 5.74) is -4.32. The van der Waals surface area contributed by atoms with Gasteiger partial charge in [0.15, 0.2) is 18.0 Å². The molecular weight excluding hydrogens is 783 g/mol. The van der Waals surface area contributed by atoms with Crippen molar-refractivity contribution in [1.82, 2.24) is 5.32 Å². The minimum atomic E-state index is -1.93. The Morgan fingerprint density at radius 2 is 1.49 bits per heavy atom. The van der Waals surface area contributed by atoms with Crippen molar-refractivity contribution in [2.75, 3.05) is 13.2 Å². The molecule has 3 aliphatic carbocycles. The second kappa shape index (κ2) is 16.7. The SMILES string of the molecule is CC1=C2[C@@H](O)[C@H](O)[C@]3(C)CC[C@H]4OC[C@@]4(O)[C@H]3[C@H](OC3CCCCO3)[C@](OC(=O)c3ccccc3)(C[C@@H]1OC(=O)[C@H](O)[C@@H](NC(=O)c1ccccc1)c1ccccc1)C2(C)C. The number of nitrogens with one attached hydrogen (secondary N) is 1. The average Bonchev–Trinajstić information content (AvgIpc) is 3.26. The Morgan fingerprint density at radius 1 is 0.852 bits per heavy atom. The molecule has 2 aliphatic heterocycles. The van der Waals surface area contributed by atoms with Crippen LogP contribution in [-0.4, -0.2) is 106 Å². The highest BCUT2D eigenvalue weighted by Gasteiger charge is 2.75. The molecule has 13 heteroatoms. The van der Waals surface area contributed by atoms with E-state index in [-0.39, 0.29) is 24.2 Å². The molecule has 8 rings (SSSR count). The van der Waals surface area contributed by atoms with Crippen LogP contribution in [0.2, 0.25) is 0 Å². The van der Waals surface area contributed by atoms with Crippen molar-refractivity contribution in [2.45, 2.75) is 126 Å². The summed E-state index contributed by atoms with van der Waals surface area (Å²) in [6.45, 7) is 7.46. The first-order valence-corrected chi connectivity index (χ1v) is 21.4. The lowest BCUT2D eigenvalue weighted by atomic mass is 9.45. The van der Waals surface area contributed by atoms with Gasteiger partial charge in [0, 0.05) is 35.3 Å². The molecule has 0 spiro atoms. The van der Waals surface area contributed by atoms with Crippen LogP contribution in [0, 0.1) is 16.7 Å². The fourth-order valence-electron chi connectivity index (χ4n) is 11.0. The molecule has 4 fully saturated rings. The van der Waals surface area contributed by atoms with Crippen molar-refractivity contribution in [1.29, 1.82) is 0 Å². The monoisotopic (exact) mass is 839 g/mol. The molecule has 0 aromatic heterocycles. The smallest absolute Gasteiger partial charge is 0.338 e. The van der Waals surface area contributed by atoms with Crippen LogP contribution in [0.25, 0.3) is 0 Å². The number of carbonyl (C=O) groups is 3. The fourth-order valence-corrected chi connectivity index (χ4v) is 11.0. The number of aliphatic hydroxyl groups excluding tert-OH is 3. The molecule has 3 aromatic carbocycles. The van der Waals surface area contributed by atoms with E-state index in [0.717, 1.165) is 12.8 Å². The van der Waals surface area contributed by atoms with Gasteiger partial charge in [0.1, 0.15) is 23.9 Å². The van der Waals surface area contributed by atoms with Gasteiger partial charge in [-0.05, 0) is 80.0 Å². The first kappa shape index (κ1) is 43.2. The Bertz CT molecular complexity index is 2110. The third-order valence-electron chi connectivity index (χ3n) is 14.4. The first-order valence-electron chi connectivity index (χ1n) is 21.4. The van der Waals surface area contributed by atoms with E-state index in [1.165, 1.54) is 0 Å². The third kappa shape index (κ3) is 7.41. The lowest BCUT2D eigenvalue weighted by Gasteiger charge is -2.68. The summed E-state index contributed by atoms with van der Waals surface area (Å²) in [5.74, 6) is -3.34. The number of rotatable bonds is 10. The Hall–Kier alpha value is -4.47. The largest absolute Gasteiger partial charge is 0.456 e. The van der Waals surface area contributed by atoms with Gasteiger partial charge in [-0.2, -0.15) is 0 Å². The number of ether oxygens (including phenoxy) is 5. The van der Waals surface area contributed by atoms with Crippen molar-refractivity contribution in [3.05, 3.63) is 119 Å². The molecule has 0 radical (unpaired) electrons. The Balaban J connectivity index is 1.26. The maximum Gasteiger partial charge on any atom is 0.338 e. The lowest BCUT2D eigenvalue weighted by Crippen LogP contribution is -2.79. The highest BCUT2D eigenvalue weighted by atomic mass is 16.7. The molecule has 13 nitrogen and oxygen atoms in total. The van der Waals surface area contributed by atoms with Crippen LogP contribution in [0.4, 0.5) is 0 Å². The van der Waals surface area contributed by atoms with Gasteiger partial charge >= 0.3 is 11.9 Å². The summed E-state index contributed by atoms with van der Waals surface area (Å²) in [5, 5.41) is 52.6. The maximum absolute atomic E-state index is 14.6. The number of aliphatic hydroxyl groups is 4. The molecule has 5 aliphatic rings. The normalized spacial score (nSPS) is 35.1. The fraction of sp³-hybridized carbons (Fsp3) is 0.521. The summed E-state index contributed by atoms with van der Waals surface area (Å²) in [6, 6.07) is 24.2. The Kier molecular flexibility index (Phi) is 11.8. The molecule has 2 bridgehead atoms.